The molecule has 72 valence electrons. The van der Waals surface area contributed by atoms with Crippen LogP contribution in [0.1, 0.15) is 18.7 Å². The van der Waals surface area contributed by atoms with Crippen molar-refractivity contribution in [3.63, 3.8) is 0 Å². The normalized spacial score (nSPS) is 16.4. The number of aromatic nitrogens is 3. The predicted octanol–water partition coefficient (Wildman–Crippen LogP) is 2.56. The van der Waals surface area contributed by atoms with E-state index < -0.39 is 0 Å². The highest BCUT2D eigenvalue weighted by atomic mass is 35.5. The summed E-state index contributed by atoms with van der Waals surface area (Å²) in [5, 5.41) is 1.47. The maximum Gasteiger partial charge on any atom is 0.142 e. The van der Waals surface area contributed by atoms with Gasteiger partial charge in [0, 0.05) is 12.6 Å². The van der Waals surface area contributed by atoms with E-state index >= 15 is 0 Å². The quantitative estimate of drug-likeness (QED) is 0.769. The topological polar surface area (TPSA) is 41.6 Å². The lowest BCUT2D eigenvalue weighted by Crippen LogP contribution is -1.97. The van der Waals surface area contributed by atoms with Crippen molar-refractivity contribution in [3.05, 3.63) is 23.2 Å². The van der Waals surface area contributed by atoms with Crippen molar-refractivity contribution < 1.29 is 0 Å². The second-order valence-corrected chi connectivity index (χ2v) is 4.18. The molecule has 3 rings (SSSR count). The molecule has 3 nitrogen and oxygen atoms in total. The number of nitrogens with zero attached hydrogens (tertiary/aromatic N) is 2. The second kappa shape index (κ2) is 2.95. The molecule has 0 aliphatic heterocycles. The molecule has 14 heavy (non-hydrogen) atoms. The Balaban J connectivity index is 2.06. The highest BCUT2D eigenvalue weighted by molar-refractivity contribution is 6.33. The largest absolute Gasteiger partial charge is 0.346 e. The van der Waals surface area contributed by atoms with Gasteiger partial charge in [-0.05, 0) is 24.8 Å². The molecule has 0 spiro atoms. The van der Waals surface area contributed by atoms with Crippen molar-refractivity contribution in [2.75, 3.05) is 0 Å². The van der Waals surface area contributed by atoms with Gasteiger partial charge in [0.05, 0.1) is 5.39 Å². The van der Waals surface area contributed by atoms with Gasteiger partial charge in [0.1, 0.15) is 16.6 Å². The fourth-order valence-corrected chi connectivity index (χ4v) is 1.87. The second-order valence-electron chi connectivity index (χ2n) is 3.82. The maximum atomic E-state index is 6.04. The molecule has 1 aliphatic carbocycles. The van der Waals surface area contributed by atoms with Crippen LogP contribution in [0.5, 0.6) is 0 Å². The molecular weight excluding hydrogens is 198 g/mol. The smallest absolute Gasteiger partial charge is 0.142 e. The lowest BCUT2D eigenvalue weighted by Gasteiger charge is -1.99. The van der Waals surface area contributed by atoms with Crippen LogP contribution in [-0.2, 0) is 6.42 Å². The van der Waals surface area contributed by atoms with Gasteiger partial charge < -0.3 is 4.98 Å². The highest BCUT2D eigenvalue weighted by Crippen LogP contribution is 2.32. The first-order valence-corrected chi connectivity index (χ1v) is 5.20. The van der Waals surface area contributed by atoms with Crippen molar-refractivity contribution in [1.82, 2.24) is 15.0 Å². The summed E-state index contributed by atoms with van der Waals surface area (Å²) in [4.78, 5) is 11.8. The van der Waals surface area contributed by atoms with E-state index in [4.69, 9.17) is 11.6 Å². The number of H-pyrrole nitrogens is 1. The molecule has 1 aliphatic rings. The number of rotatable bonds is 2. The SMILES string of the molecule is Clc1nc(CC2CC2)nc2[nH]ccc12. The Labute approximate surface area is 86.5 Å². The Hall–Kier alpha value is -1.09. The highest BCUT2D eigenvalue weighted by Gasteiger charge is 2.23. The van der Waals surface area contributed by atoms with E-state index in [0.717, 1.165) is 29.2 Å². The summed E-state index contributed by atoms with van der Waals surface area (Å²) in [5.41, 5.74) is 0.848. The van der Waals surface area contributed by atoms with Crippen LogP contribution in [0.25, 0.3) is 11.0 Å². The Kier molecular flexibility index (Phi) is 1.74. The van der Waals surface area contributed by atoms with Crippen molar-refractivity contribution in [2.24, 2.45) is 5.92 Å². The molecular formula is C10H10ClN3. The number of hydrogen-bond donors (Lipinski definition) is 1. The first-order valence-electron chi connectivity index (χ1n) is 4.82. The van der Waals surface area contributed by atoms with E-state index in [1.165, 1.54) is 12.8 Å². The van der Waals surface area contributed by atoms with Gasteiger partial charge in [-0.1, -0.05) is 11.6 Å². The number of hydrogen-bond acceptors (Lipinski definition) is 2. The van der Waals surface area contributed by atoms with Crippen LogP contribution < -0.4 is 0 Å². The summed E-state index contributed by atoms with van der Waals surface area (Å²) in [6.45, 7) is 0. The summed E-state index contributed by atoms with van der Waals surface area (Å²) in [6.07, 6.45) is 5.42. The number of nitrogens with one attached hydrogen (secondary N) is 1. The molecule has 2 aromatic rings. The van der Waals surface area contributed by atoms with Crippen LogP contribution in [0.15, 0.2) is 12.3 Å². The van der Waals surface area contributed by atoms with E-state index in [2.05, 4.69) is 15.0 Å². The summed E-state index contributed by atoms with van der Waals surface area (Å²) in [6, 6.07) is 1.90. The average molecular weight is 208 g/mol. The van der Waals surface area contributed by atoms with Gasteiger partial charge in [0.25, 0.3) is 0 Å². The summed E-state index contributed by atoms with van der Waals surface area (Å²) < 4.78 is 0. The van der Waals surface area contributed by atoms with Crippen LogP contribution in [0.2, 0.25) is 5.15 Å². The number of fused-ring (bicyclic) bond motifs is 1. The summed E-state index contributed by atoms with van der Waals surface area (Å²) in [5.74, 6) is 1.66. The molecule has 0 aromatic carbocycles. The first-order chi connectivity index (χ1) is 6.83. The lowest BCUT2D eigenvalue weighted by atomic mass is 10.3. The minimum absolute atomic E-state index is 0.562. The van der Waals surface area contributed by atoms with Crippen LogP contribution in [0, 0.1) is 5.92 Å². The third kappa shape index (κ3) is 1.38. The zero-order chi connectivity index (χ0) is 9.54. The fourth-order valence-electron chi connectivity index (χ4n) is 1.62. The predicted molar refractivity (Wildman–Crippen MR) is 55.3 cm³/mol. The van der Waals surface area contributed by atoms with Crippen LogP contribution >= 0.6 is 11.6 Å². The Morgan fingerprint density at radius 1 is 1.43 bits per heavy atom. The molecule has 1 saturated carbocycles. The minimum Gasteiger partial charge on any atom is -0.346 e. The van der Waals surface area contributed by atoms with Crippen LogP contribution in [-0.4, -0.2) is 15.0 Å². The zero-order valence-electron chi connectivity index (χ0n) is 7.63. The maximum absolute atomic E-state index is 6.04. The standard InChI is InChI=1S/C10H10ClN3/c11-9-7-3-4-12-10(7)14-8(13-9)5-6-1-2-6/h3-4,6H,1-2,5H2,(H,12,13,14). The number of halogens is 1. The molecule has 0 radical (unpaired) electrons. The van der Waals surface area contributed by atoms with Crippen molar-refractivity contribution >= 4 is 22.6 Å². The van der Waals surface area contributed by atoms with Crippen molar-refractivity contribution in [3.8, 4) is 0 Å². The molecule has 0 saturated heterocycles. The monoisotopic (exact) mass is 207 g/mol. The average Bonchev–Trinajstić information content (AvgIpc) is 2.82. The Morgan fingerprint density at radius 2 is 2.29 bits per heavy atom. The molecule has 1 fully saturated rings. The molecule has 0 amide bonds. The van der Waals surface area contributed by atoms with Crippen LogP contribution in [0.3, 0.4) is 0 Å². The van der Waals surface area contributed by atoms with Gasteiger partial charge in [-0.25, -0.2) is 9.97 Å². The van der Waals surface area contributed by atoms with E-state index in [9.17, 15) is 0 Å². The zero-order valence-corrected chi connectivity index (χ0v) is 8.38. The third-order valence-electron chi connectivity index (χ3n) is 2.58. The van der Waals surface area contributed by atoms with Gasteiger partial charge in [-0.2, -0.15) is 0 Å². The van der Waals surface area contributed by atoms with E-state index in [1.54, 1.807) is 0 Å². The lowest BCUT2D eigenvalue weighted by molar-refractivity contribution is 0.775. The van der Waals surface area contributed by atoms with E-state index in [0.29, 0.717) is 5.15 Å². The molecule has 4 heteroatoms. The van der Waals surface area contributed by atoms with Gasteiger partial charge in [0.15, 0.2) is 0 Å². The molecule has 2 heterocycles. The van der Waals surface area contributed by atoms with Crippen molar-refractivity contribution in [1.29, 1.82) is 0 Å². The van der Waals surface area contributed by atoms with Crippen molar-refractivity contribution in [2.45, 2.75) is 19.3 Å². The Morgan fingerprint density at radius 3 is 3.07 bits per heavy atom. The molecule has 0 unspecified atom stereocenters. The van der Waals surface area contributed by atoms with Gasteiger partial charge in [-0.15, -0.1) is 0 Å². The number of aromatic amines is 1. The fraction of sp³-hybridized carbons (Fsp3) is 0.400. The van der Waals surface area contributed by atoms with E-state index in [1.807, 2.05) is 12.3 Å². The minimum atomic E-state index is 0.562. The van der Waals surface area contributed by atoms with Gasteiger partial charge in [0.2, 0.25) is 0 Å². The summed E-state index contributed by atoms with van der Waals surface area (Å²) in [7, 11) is 0. The Bertz CT molecular complexity index is 473. The molecule has 1 N–H and O–H groups in total. The summed E-state index contributed by atoms with van der Waals surface area (Å²) >= 11 is 6.04. The van der Waals surface area contributed by atoms with Gasteiger partial charge in [-0.3, -0.25) is 0 Å². The first kappa shape index (κ1) is 8.24. The van der Waals surface area contributed by atoms with E-state index in [-0.39, 0.29) is 0 Å². The third-order valence-corrected chi connectivity index (χ3v) is 2.87. The molecule has 2 aromatic heterocycles. The molecule has 0 atom stereocenters. The van der Waals surface area contributed by atoms with Gasteiger partial charge >= 0.3 is 0 Å². The van der Waals surface area contributed by atoms with Crippen LogP contribution in [0.4, 0.5) is 0 Å². The molecule has 0 bridgehead atoms.